The average molecular weight is 935 g/mol. The number of thioether (sulfide) groups is 2. The van der Waals surface area contributed by atoms with Crippen LogP contribution in [0.2, 0.25) is 0 Å². The highest BCUT2D eigenvalue weighted by atomic mass is 32.2. The number of guanidine groups is 2. The number of nitrogens with zero attached hydrogens (tertiary/aromatic N) is 2. The van der Waals surface area contributed by atoms with Crippen molar-refractivity contribution in [2.45, 2.75) is 97.3 Å². The van der Waals surface area contributed by atoms with Crippen LogP contribution in [-0.2, 0) is 47.6 Å². The van der Waals surface area contributed by atoms with Gasteiger partial charge in [-0.2, -0.15) is 0 Å². The molecule has 2 amide bonds. The quantitative estimate of drug-likeness (QED) is 0.0188. The van der Waals surface area contributed by atoms with E-state index in [9.17, 15) is 60.0 Å². The van der Waals surface area contributed by atoms with Crippen molar-refractivity contribution in [2.24, 2.45) is 32.9 Å². The van der Waals surface area contributed by atoms with Gasteiger partial charge in [0.05, 0.1) is 90.2 Å². The van der Waals surface area contributed by atoms with Crippen LogP contribution in [0, 0.1) is 0 Å². The van der Waals surface area contributed by atoms with Gasteiger partial charge in [-0.25, -0.2) is 19.6 Å². The summed E-state index contributed by atoms with van der Waals surface area (Å²) in [6.07, 6.45) is -10.9. The van der Waals surface area contributed by atoms with Crippen LogP contribution in [0.4, 0.5) is 0 Å². The number of nitrogens with two attached hydrogens (primary N) is 4. The number of aliphatic imine (C=N–C) groups is 2. The molecule has 2 saturated heterocycles. The number of carbonyl (C=O) groups excluding carboxylic acids is 2. The molecule has 2 aliphatic heterocycles. The van der Waals surface area contributed by atoms with E-state index in [1.165, 1.54) is 13.8 Å². The largest absolute Gasteiger partial charge is 0.478 e. The second-order valence-corrected chi connectivity index (χ2v) is 16.7. The molecule has 0 aromatic carbocycles. The lowest BCUT2D eigenvalue weighted by atomic mass is 9.88. The lowest BCUT2D eigenvalue weighted by molar-refractivity contribution is -0.191. The molecule has 0 unspecified atom stereocenters. The number of carboxylic acids is 2. The van der Waals surface area contributed by atoms with E-state index in [2.05, 4.69) is 20.6 Å². The summed E-state index contributed by atoms with van der Waals surface area (Å²) in [5, 5.41) is 86.1. The van der Waals surface area contributed by atoms with Gasteiger partial charge in [0, 0.05) is 38.2 Å². The van der Waals surface area contributed by atoms with Crippen molar-refractivity contribution in [3.8, 4) is 0 Å². The van der Waals surface area contributed by atoms with E-state index in [1.54, 1.807) is 0 Å². The van der Waals surface area contributed by atoms with Crippen LogP contribution in [-0.4, -0.2) is 225 Å². The fraction of sp³-hybridized carbons (Fsp3) is 0.824. The lowest BCUT2D eigenvalue weighted by Crippen LogP contribution is -2.66. The Balaban J connectivity index is 1.77. The number of hydrogen-bond donors (Lipinski definition) is 14. The molecule has 2 fully saturated rings. The number of amides is 2. The van der Waals surface area contributed by atoms with E-state index in [0.717, 1.165) is 23.5 Å². The maximum absolute atomic E-state index is 12.6. The molecule has 12 atom stereocenters. The van der Waals surface area contributed by atoms with Gasteiger partial charge in [0.25, 0.3) is 0 Å². The minimum Gasteiger partial charge on any atom is -0.478 e. The summed E-state index contributed by atoms with van der Waals surface area (Å²) in [5.41, 5.74) is 22.3. The lowest BCUT2D eigenvalue weighted by Gasteiger charge is -2.47. The predicted octanol–water partition coefficient (Wildman–Crippen LogP) is -6.62. The first-order valence-electron chi connectivity index (χ1n) is 19.3. The Hall–Kier alpha value is -3.36. The van der Waals surface area contributed by atoms with Crippen LogP contribution in [0.5, 0.6) is 0 Å². The van der Waals surface area contributed by atoms with Crippen molar-refractivity contribution in [3.05, 3.63) is 0 Å². The number of hydrogen-bond acceptors (Lipinski definition) is 20. The molecule has 0 bridgehead atoms. The van der Waals surface area contributed by atoms with Gasteiger partial charge in [-0.3, -0.25) is 9.59 Å². The average Bonchev–Trinajstić information content (AvgIpc) is 3.20. The van der Waals surface area contributed by atoms with Crippen molar-refractivity contribution in [1.82, 2.24) is 10.6 Å². The van der Waals surface area contributed by atoms with Gasteiger partial charge in [0.15, 0.2) is 11.9 Å². The van der Waals surface area contributed by atoms with Crippen LogP contribution in [0.3, 0.4) is 0 Å². The molecular formula is C34H62N8O18S2. The van der Waals surface area contributed by atoms with E-state index < -0.39 is 120 Å². The first kappa shape index (κ1) is 54.8. The number of carbonyl (C=O) groups is 4. The number of aliphatic hydroxyl groups is 6. The second-order valence-electron chi connectivity index (χ2n) is 14.0. The highest BCUT2D eigenvalue weighted by Gasteiger charge is 2.57. The standard InChI is InChI=1S/C34H62N8O18S2/c1-17(45)39-23-19(41-31(35)36)13-33(29(51)52,59-27(23)25(49)21(47)15-43)61-11-9-57-7-5-55-3-4-56-6-8-58-10-12-62-34(30(53)54)14-20(42-32(37)38)24(40-18(2)46)28(60-34)26(50)22(48)16-44/h19-28,43-44,47-50H,3-16H2,1-2H3,(H,39,45)(H,40,46)(H,51,52)(H,53,54)(H4,35,36,41)(H4,37,38,42)/t19-,20-,21-,22-,23+,24+,25-,26-,27+,28+,33-,34-/m0/s1. The molecule has 2 aliphatic rings. The van der Waals surface area contributed by atoms with Crippen LogP contribution >= 0.6 is 23.5 Å². The van der Waals surface area contributed by atoms with Gasteiger partial charge in [0.2, 0.25) is 21.7 Å². The van der Waals surface area contributed by atoms with Gasteiger partial charge in [-0.05, 0) is 0 Å². The summed E-state index contributed by atoms with van der Waals surface area (Å²) in [6, 6.07) is -4.49. The Morgan fingerprint density at radius 3 is 1.19 bits per heavy atom. The molecule has 0 aromatic heterocycles. The third kappa shape index (κ3) is 17.0. The summed E-state index contributed by atoms with van der Waals surface area (Å²) in [5.74, 6) is -4.67. The number of nitrogens with one attached hydrogen (secondary N) is 2. The third-order valence-corrected chi connectivity index (χ3v) is 11.8. The molecule has 0 spiro atoms. The summed E-state index contributed by atoms with van der Waals surface area (Å²) < 4.78 is 33.8. The summed E-state index contributed by atoms with van der Waals surface area (Å²) in [4.78, 5) is 53.1. The van der Waals surface area contributed by atoms with E-state index >= 15 is 0 Å². The SMILES string of the molecule is CC(=O)N[C@H]1[C@H]([C@@H](O)[C@@H](O)CO)O[C@@](SCCOCCOCCOCCOCCS[C@]2(C(=O)O)C[C@H](N=C(N)N)[C@@H](NC(C)=O)[C@H]([C@@H](O)[C@@H](O)CO)O2)(C(=O)O)C[C@@H]1N=C(N)N. The molecular weight excluding hydrogens is 873 g/mol. The molecule has 28 heteroatoms. The topological polar surface area (TPSA) is 438 Å². The maximum Gasteiger partial charge on any atom is 0.346 e. The summed E-state index contributed by atoms with van der Waals surface area (Å²) >= 11 is 1.64. The van der Waals surface area contributed by atoms with E-state index in [4.69, 9.17) is 51.4 Å². The molecule has 0 saturated carbocycles. The number of carboxylic acid groups (broad SMARTS) is 2. The molecule has 2 rings (SSSR count). The van der Waals surface area contributed by atoms with Crippen LogP contribution < -0.4 is 33.6 Å². The second kappa shape index (κ2) is 27.1. The zero-order valence-corrected chi connectivity index (χ0v) is 36.0. The van der Waals surface area contributed by atoms with Gasteiger partial charge in [0.1, 0.15) is 36.6 Å². The zero-order valence-electron chi connectivity index (χ0n) is 34.4. The molecule has 0 radical (unpaired) electrons. The van der Waals surface area contributed by atoms with Crippen molar-refractivity contribution in [2.75, 3.05) is 77.6 Å². The number of ether oxygens (including phenoxy) is 6. The number of rotatable bonds is 29. The molecule has 26 nitrogen and oxygen atoms in total. The zero-order chi connectivity index (χ0) is 46.6. The smallest absolute Gasteiger partial charge is 0.346 e. The van der Waals surface area contributed by atoms with Crippen molar-refractivity contribution in [1.29, 1.82) is 0 Å². The van der Waals surface area contributed by atoms with E-state index in [-0.39, 0.29) is 77.2 Å². The van der Waals surface area contributed by atoms with Crippen LogP contribution in [0.25, 0.3) is 0 Å². The van der Waals surface area contributed by atoms with Gasteiger partial charge in [-0.1, -0.05) is 0 Å². The first-order valence-corrected chi connectivity index (χ1v) is 21.3. The molecule has 62 heavy (non-hydrogen) atoms. The first-order chi connectivity index (χ1) is 29.2. The van der Waals surface area contributed by atoms with Crippen molar-refractivity contribution in [3.63, 3.8) is 0 Å². The van der Waals surface area contributed by atoms with Gasteiger partial charge < -0.3 is 103 Å². The predicted molar refractivity (Wildman–Crippen MR) is 221 cm³/mol. The Kier molecular flexibility index (Phi) is 23.9. The third-order valence-electron chi connectivity index (χ3n) is 9.24. The monoisotopic (exact) mass is 934 g/mol. The summed E-state index contributed by atoms with van der Waals surface area (Å²) in [6.45, 7) is 1.70. The van der Waals surface area contributed by atoms with E-state index in [0.29, 0.717) is 0 Å². The van der Waals surface area contributed by atoms with Crippen LogP contribution in [0.15, 0.2) is 9.98 Å². The normalized spacial score (nSPS) is 28.1. The Morgan fingerprint density at radius 1 is 0.629 bits per heavy atom. The number of aliphatic carboxylic acids is 2. The molecule has 358 valence electrons. The van der Waals surface area contributed by atoms with E-state index in [1.807, 2.05) is 0 Å². The Labute approximate surface area is 365 Å². The minimum absolute atomic E-state index is 0.0522. The fourth-order valence-corrected chi connectivity index (χ4v) is 8.73. The van der Waals surface area contributed by atoms with Gasteiger partial charge >= 0.3 is 11.9 Å². The summed E-state index contributed by atoms with van der Waals surface area (Å²) in [7, 11) is 0. The van der Waals surface area contributed by atoms with Gasteiger partial charge in [-0.15, -0.1) is 23.5 Å². The van der Waals surface area contributed by atoms with Crippen molar-refractivity contribution >= 4 is 59.2 Å². The highest BCUT2D eigenvalue weighted by Crippen LogP contribution is 2.43. The Bertz CT molecular complexity index is 1380. The molecule has 0 aromatic rings. The maximum atomic E-state index is 12.6. The minimum atomic E-state index is -2.04. The molecule has 18 N–H and O–H groups in total. The number of aliphatic hydroxyl groups excluding tert-OH is 6. The molecule has 2 heterocycles. The van der Waals surface area contributed by atoms with Crippen LogP contribution in [0.1, 0.15) is 26.7 Å². The molecule has 0 aliphatic carbocycles. The Morgan fingerprint density at radius 2 is 0.935 bits per heavy atom. The van der Waals surface area contributed by atoms with Crippen molar-refractivity contribution < 1.29 is 88.5 Å². The highest BCUT2D eigenvalue weighted by molar-refractivity contribution is 8.01. The fourth-order valence-electron chi connectivity index (χ4n) is 6.48.